The Morgan fingerprint density at radius 2 is 1.97 bits per heavy atom. The first-order valence-electron chi connectivity index (χ1n) is 9.28. The number of aryl methyl sites for hydroxylation is 1. The molecule has 2 heterocycles. The molecule has 154 valence electrons. The van der Waals surface area contributed by atoms with Crippen molar-refractivity contribution >= 4 is 34.3 Å². The molecule has 4 aromatic rings. The number of anilines is 1. The first-order chi connectivity index (χ1) is 14.1. The minimum Gasteiger partial charge on any atom is -0.440 e. The van der Waals surface area contributed by atoms with Crippen molar-refractivity contribution in [2.24, 2.45) is 0 Å². The van der Waals surface area contributed by atoms with E-state index in [-0.39, 0.29) is 33.0 Å². The summed E-state index contributed by atoms with van der Waals surface area (Å²) in [6, 6.07) is 9.41. The fourth-order valence-corrected chi connectivity index (χ4v) is 3.31. The Morgan fingerprint density at radius 1 is 1.20 bits per heavy atom. The average molecular weight is 428 g/mol. The lowest BCUT2D eigenvalue weighted by Crippen LogP contribution is -2.13. The predicted molar refractivity (Wildman–Crippen MR) is 112 cm³/mol. The zero-order chi connectivity index (χ0) is 21.6. The molecule has 0 aliphatic heterocycles. The lowest BCUT2D eigenvalue weighted by Gasteiger charge is -2.11. The van der Waals surface area contributed by atoms with Crippen LogP contribution in [0, 0.1) is 12.7 Å². The van der Waals surface area contributed by atoms with Crippen molar-refractivity contribution in [2.75, 3.05) is 5.32 Å². The first kappa shape index (κ1) is 20.1. The summed E-state index contributed by atoms with van der Waals surface area (Å²) in [6.07, 6.45) is 0. The highest BCUT2D eigenvalue weighted by molar-refractivity contribution is 6.33. The summed E-state index contributed by atoms with van der Waals surface area (Å²) in [5.74, 6) is -0.239. The molecule has 0 atom stereocenters. The van der Waals surface area contributed by atoms with Gasteiger partial charge in [0, 0.05) is 11.1 Å². The molecule has 0 aliphatic rings. The van der Waals surface area contributed by atoms with Crippen molar-refractivity contribution in [3.63, 3.8) is 0 Å². The summed E-state index contributed by atoms with van der Waals surface area (Å²) in [5, 5.41) is 6.79. The van der Waals surface area contributed by atoms with E-state index in [2.05, 4.69) is 15.5 Å². The van der Waals surface area contributed by atoms with Crippen LogP contribution in [0.1, 0.15) is 42.8 Å². The van der Waals surface area contributed by atoms with Crippen LogP contribution >= 0.6 is 11.6 Å². The lowest BCUT2D eigenvalue weighted by atomic mass is 9.97. The molecule has 0 saturated heterocycles. The van der Waals surface area contributed by atoms with Gasteiger partial charge >= 0.3 is 0 Å². The number of halogens is 2. The van der Waals surface area contributed by atoms with E-state index in [1.807, 2.05) is 20.8 Å². The number of aromatic nitrogens is 2. The minimum atomic E-state index is -0.594. The standard InChI is InChI=1S/C22H19ClFN3O3/c1-11-17(19(27-30-11)18-13(23)6-5-7-14(18)24)20(28)25-12-8-9-16-15(10-12)26-21(29-16)22(2,3)4/h5-10H,1-4H3,(H,25,28). The molecular formula is C22H19ClFN3O3. The van der Waals surface area contributed by atoms with Gasteiger partial charge in [-0.05, 0) is 37.3 Å². The number of carbonyl (C=O) groups excluding carboxylic acids is 1. The van der Waals surface area contributed by atoms with Gasteiger partial charge in [-0.25, -0.2) is 9.37 Å². The number of rotatable bonds is 3. The van der Waals surface area contributed by atoms with E-state index in [9.17, 15) is 9.18 Å². The maximum absolute atomic E-state index is 14.4. The quantitative estimate of drug-likeness (QED) is 0.425. The van der Waals surface area contributed by atoms with Crippen molar-refractivity contribution in [3.05, 3.63) is 64.5 Å². The second-order valence-electron chi connectivity index (χ2n) is 7.96. The Bertz CT molecular complexity index is 1250. The molecule has 0 saturated carbocycles. The summed E-state index contributed by atoms with van der Waals surface area (Å²) in [4.78, 5) is 17.5. The van der Waals surface area contributed by atoms with E-state index in [0.29, 0.717) is 22.7 Å². The minimum absolute atomic E-state index is 0.0166. The maximum Gasteiger partial charge on any atom is 0.261 e. The highest BCUT2D eigenvalue weighted by Crippen LogP contribution is 2.34. The molecule has 1 amide bonds. The number of hydrogen-bond acceptors (Lipinski definition) is 5. The van der Waals surface area contributed by atoms with Crippen molar-refractivity contribution in [1.82, 2.24) is 10.1 Å². The van der Waals surface area contributed by atoms with E-state index < -0.39 is 11.7 Å². The molecule has 2 aromatic carbocycles. The molecule has 4 rings (SSSR count). The summed E-state index contributed by atoms with van der Waals surface area (Å²) >= 11 is 6.14. The SMILES string of the molecule is Cc1onc(-c2c(F)cccc2Cl)c1C(=O)Nc1ccc2oc(C(C)(C)C)nc2c1. The largest absolute Gasteiger partial charge is 0.440 e. The number of nitrogens with one attached hydrogen (secondary N) is 1. The second-order valence-corrected chi connectivity index (χ2v) is 8.37. The van der Waals surface area contributed by atoms with E-state index in [1.165, 1.54) is 18.2 Å². The first-order valence-corrected chi connectivity index (χ1v) is 9.66. The van der Waals surface area contributed by atoms with Crippen LogP contribution in [0.25, 0.3) is 22.4 Å². The third kappa shape index (κ3) is 3.57. The Morgan fingerprint density at radius 3 is 2.67 bits per heavy atom. The topological polar surface area (TPSA) is 81.2 Å². The van der Waals surface area contributed by atoms with Crippen molar-refractivity contribution in [2.45, 2.75) is 33.1 Å². The fourth-order valence-electron chi connectivity index (χ4n) is 3.05. The molecule has 0 aliphatic carbocycles. The predicted octanol–water partition coefficient (Wildman–Crippen LogP) is 6.13. The van der Waals surface area contributed by atoms with Gasteiger partial charge in [0.1, 0.15) is 28.4 Å². The molecule has 0 spiro atoms. The van der Waals surface area contributed by atoms with Crippen LogP contribution in [0.4, 0.5) is 10.1 Å². The molecule has 0 fully saturated rings. The molecule has 0 unspecified atom stereocenters. The lowest BCUT2D eigenvalue weighted by molar-refractivity contribution is 0.102. The van der Waals surface area contributed by atoms with Crippen molar-refractivity contribution in [1.29, 1.82) is 0 Å². The van der Waals surface area contributed by atoms with Gasteiger partial charge in [0.15, 0.2) is 5.58 Å². The number of hydrogen-bond donors (Lipinski definition) is 1. The Balaban J connectivity index is 1.69. The van der Waals surface area contributed by atoms with Gasteiger partial charge in [-0.15, -0.1) is 0 Å². The van der Waals surface area contributed by atoms with Gasteiger partial charge in [0.05, 0.1) is 10.6 Å². The van der Waals surface area contributed by atoms with Crippen LogP contribution in [0.15, 0.2) is 45.3 Å². The summed E-state index contributed by atoms with van der Waals surface area (Å²) in [7, 11) is 0. The van der Waals surface area contributed by atoms with Crippen molar-refractivity contribution in [3.8, 4) is 11.3 Å². The highest BCUT2D eigenvalue weighted by atomic mass is 35.5. The Labute approximate surface area is 177 Å². The zero-order valence-corrected chi connectivity index (χ0v) is 17.6. The fraction of sp³-hybridized carbons (Fsp3) is 0.227. The Kier molecular flexibility index (Phi) is 4.86. The highest BCUT2D eigenvalue weighted by Gasteiger charge is 2.26. The molecule has 1 N–H and O–H groups in total. The van der Waals surface area contributed by atoms with Crippen LogP contribution in [-0.2, 0) is 5.41 Å². The van der Waals surface area contributed by atoms with Gasteiger partial charge in [-0.3, -0.25) is 4.79 Å². The van der Waals surface area contributed by atoms with E-state index in [4.69, 9.17) is 20.5 Å². The summed E-state index contributed by atoms with van der Waals surface area (Å²) < 4.78 is 25.3. The van der Waals surface area contributed by atoms with Crippen LogP contribution in [0.5, 0.6) is 0 Å². The molecule has 6 nitrogen and oxygen atoms in total. The number of carbonyl (C=O) groups is 1. The molecule has 0 radical (unpaired) electrons. The molecule has 30 heavy (non-hydrogen) atoms. The van der Waals surface area contributed by atoms with Crippen molar-refractivity contribution < 1.29 is 18.1 Å². The van der Waals surface area contributed by atoms with E-state index >= 15 is 0 Å². The third-order valence-corrected chi connectivity index (χ3v) is 4.89. The normalized spacial score (nSPS) is 11.8. The zero-order valence-electron chi connectivity index (χ0n) is 16.8. The van der Waals surface area contributed by atoms with Gasteiger partial charge in [0.2, 0.25) is 5.89 Å². The number of oxazole rings is 1. The summed E-state index contributed by atoms with van der Waals surface area (Å²) in [5.41, 5.74) is 1.68. The number of fused-ring (bicyclic) bond motifs is 1. The van der Waals surface area contributed by atoms with Crippen LogP contribution in [-0.4, -0.2) is 16.0 Å². The van der Waals surface area contributed by atoms with Gasteiger partial charge in [-0.2, -0.15) is 0 Å². The van der Waals surface area contributed by atoms with E-state index in [1.54, 1.807) is 25.1 Å². The Hall–Kier alpha value is -3.19. The molecule has 2 aromatic heterocycles. The monoisotopic (exact) mass is 427 g/mol. The molecule has 0 bridgehead atoms. The number of nitrogens with zero attached hydrogens (tertiary/aromatic N) is 2. The maximum atomic E-state index is 14.4. The van der Waals surface area contributed by atoms with Gasteiger partial charge in [0.25, 0.3) is 5.91 Å². The van der Waals surface area contributed by atoms with Crippen LogP contribution in [0.2, 0.25) is 5.02 Å². The smallest absolute Gasteiger partial charge is 0.261 e. The van der Waals surface area contributed by atoms with Crippen LogP contribution in [0.3, 0.4) is 0 Å². The third-order valence-electron chi connectivity index (χ3n) is 4.58. The molecular weight excluding hydrogens is 409 g/mol. The van der Waals surface area contributed by atoms with Gasteiger partial charge in [-0.1, -0.05) is 43.6 Å². The number of amides is 1. The average Bonchev–Trinajstić information content (AvgIpc) is 3.25. The second kappa shape index (κ2) is 7.25. The molecule has 8 heteroatoms. The van der Waals surface area contributed by atoms with Gasteiger partial charge < -0.3 is 14.3 Å². The number of benzene rings is 2. The van der Waals surface area contributed by atoms with Crippen LogP contribution < -0.4 is 5.32 Å². The summed E-state index contributed by atoms with van der Waals surface area (Å²) in [6.45, 7) is 7.59. The van der Waals surface area contributed by atoms with E-state index in [0.717, 1.165) is 0 Å².